The molecule has 6 heteroatoms. The van der Waals surface area contributed by atoms with Crippen LogP contribution in [0.25, 0.3) is 0 Å². The standard InChI is InChI=1S/C24H35NO5/c1-11-12(2)18-7-17(11)19(21(26)25-13(3)22(27)28)20(18)23(29)30-24-8-14-4-15(9-24)6-16(5-14)10-24/h11-20H,4-10H2,1-3H3,(H,25,26)(H,27,28). The molecule has 0 heterocycles. The second-order valence-corrected chi connectivity index (χ2v) is 11.4. The summed E-state index contributed by atoms with van der Waals surface area (Å²) in [5, 5.41) is 11.9. The second kappa shape index (κ2) is 6.96. The lowest BCUT2D eigenvalue weighted by molar-refractivity contribution is -0.196. The Hall–Kier alpha value is -1.59. The topological polar surface area (TPSA) is 92.7 Å². The van der Waals surface area contributed by atoms with E-state index >= 15 is 0 Å². The Morgan fingerprint density at radius 2 is 1.40 bits per heavy atom. The fraction of sp³-hybridized carbons (Fsp3) is 0.875. The number of hydrogen-bond donors (Lipinski definition) is 2. The summed E-state index contributed by atoms with van der Waals surface area (Å²) in [7, 11) is 0. The van der Waals surface area contributed by atoms with E-state index in [1.807, 2.05) is 0 Å². The van der Waals surface area contributed by atoms with Gasteiger partial charge in [0, 0.05) is 0 Å². The molecule has 6 saturated carbocycles. The first-order chi connectivity index (χ1) is 14.2. The minimum Gasteiger partial charge on any atom is -0.480 e. The van der Waals surface area contributed by atoms with E-state index in [-0.39, 0.29) is 29.3 Å². The van der Waals surface area contributed by atoms with Crippen molar-refractivity contribution in [1.82, 2.24) is 5.32 Å². The molecule has 0 aromatic carbocycles. The van der Waals surface area contributed by atoms with Gasteiger partial charge >= 0.3 is 11.9 Å². The van der Waals surface area contributed by atoms with Gasteiger partial charge in [-0.05, 0) is 93.3 Å². The highest BCUT2D eigenvalue weighted by Gasteiger charge is 2.62. The molecule has 1 amide bonds. The Morgan fingerprint density at radius 3 is 1.90 bits per heavy atom. The van der Waals surface area contributed by atoms with E-state index < -0.39 is 23.8 Å². The van der Waals surface area contributed by atoms with Crippen LogP contribution in [-0.2, 0) is 19.1 Å². The maximum atomic E-state index is 13.6. The molecule has 0 aromatic heterocycles. The zero-order valence-electron chi connectivity index (χ0n) is 18.3. The summed E-state index contributed by atoms with van der Waals surface area (Å²) in [5.41, 5.74) is -0.308. The first-order valence-electron chi connectivity index (χ1n) is 11.9. The van der Waals surface area contributed by atoms with Crippen LogP contribution in [0.15, 0.2) is 0 Å². The van der Waals surface area contributed by atoms with Crippen LogP contribution in [-0.4, -0.2) is 34.6 Å². The van der Waals surface area contributed by atoms with Gasteiger partial charge in [-0.1, -0.05) is 13.8 Å². The predicted molar refractivity (Wildman–Crippen MR) is 109 cm³/mol. The first kappa shape index (κ1) is 20.3. The molecule has 2 N–H and O–H groups in total. The minimum absolute atomic E-state index is 0.125. The minimum atomic E-state index is -1.05. The number of aliphatic carboxylic acids is 1. The van der Waals surface area contributed by atoms with Gasteiger partial charge in [-0.25, -0.2) is 0 Å². The van der Waals surface area contributed by atoms with Crippen LogP contribution in [0.2, 0.25) is 0 Å². The maximum absolute atomic E-state index is 13.6. The van der Waals surface area contributed by atoms with E-state index in [0.29, 0.717) is 29.6 Å². The lowest BCUT2D eigenvalue weighted by atomic mass is 9.54. The molecule has 0 radical (unpaired) electrons. The highest BCUT2D eigenvalue weighted by Crippen LogP contribution is 2.61. The zero-order valence-corrected chi connectivity index (χ0v) is 18.3. The van der Waals surface area contributed by atoms with E-state index in [9.17, 15) is 19.5 Å². The summed E-state index contributed by atoms with van der Waals surface area (Å²) in [6.07, 6.45) is 7.70. The average molecular weight is 418 g/mol. The van der Waals surface area contributed by atoms with Gasteiger partial charge in [-0.15, -0.1) is 0 Å². The molecule has 7 unspecified atom stereocenters. The van der Waals surface area contributed by atoms with Crippen LogP contribution in [0.1, 0.15) is 65.7 Å². The van der Waals surface area contributed by atoms with Gasteiger partial charge in [0.25, 0.3) is 0 Å². The fourth-order valence-corrected chi connectivity index (χ4v) is 8.49. The van der Waals surface area contributed by atoms with Gasteiger partial charge in [0.2, 0.25) is 5.91 Å². The molecule has 0 saturated heterocycles. The number of carbonyl (C=O) groups is 3. The molecule has 0 aromatic rings. The monoisotopic (exact) mass is 417 g/mol. The van der Waals surface area contributed by atoms with Gasteiger partial charge in [-0.3, -0.25) is 14.4 Å². The number of fused-ring (bicyclic) bond motifs is 2. The Balaban J connectivity index is 1.36. The zero-order chi connectivity index (χ0) is 21.4. The quantitative estimate of drug-likeness (QED) is 0.670. The molecule has 6 fully saturated rings. The number of carboxylic acids is 1. The van der Waals surface area contributed by atoms with Crippen molar-refractivity contribution in [3.63, 3.8) is 0 Å². The summed E-state index contributed by atoms with van der Waals surface area (Å²) in [6, 6.07) is -0.954. The van der Waals surface area contributed by atoms with Gasteiger partial charge in [0.15, 0.2) is 0 Å². The van der Waals surface area contributed by atoms with Crippen LogP contribution < -0.4 is 5.32 Å². The third-order valence-corrected chi connectivity index (χ3v) is 9.64. The molecule has 0 spiro atoms. The molecular formula is C24H35NO5. The van der Waals surface area contributed by atoms with Crippen molar-refractivity contribution >= 4 is 17.8 Å². The van der Waals surface area contributed by atoms with Gasteiger partial charge in [0.05, 0.1) is 11.8 Å². The molecule has 166 valence electrons. The van der Waals surface area contributed by atoms with Gasteiger partial charge in [-0.2, -0.15) is 0 Å². The Kier molecular flexibility index (Phi) is 4.71. The molecule has 0 aliphatic heterocycles. The van der Waals surface area contributed by atoms with E-state index in [1.54, 1.807) is 0 Å². The van der Waals surface area contributed by atoms with Crippen molar-refractivity contribution < 1.29 is 24.2 Å². The molecule has 6 nitrogen and oxygen atoms in total. The van der Waals surface area contributed by atoms with E-state index in [2.05, 4.69) is 19.2 Å². The van der Waals surface area contributed by atoms with Crippen LogP contribution in [0.4, 0.5) is 0 Å². The third-order valence-electron chi connectivity index (χ3n) is 9.64. The number of carbonyl (C=O) groups excluding carboxylic acids is 2. The van der Waals surface area contributed by atoms with Crippen LogP contribution >= 0.6 is 0 Å². The third kappa shape index (κ3) is 3.08. The summed E-state index contributed by atoms with van der Waals surface area (Å²) in [5.74, 6) is 0.660. The largest absolute Gasteiger partial charge is 0.480 e. The van der Waals surface area contributed by atoms with Crippen molar-refractivity contribution in [2.24, 2.45) is 53.3 Å². The molecular weight excluding hydrogens is 382 g/mol. The van der Waals surface area contributed by atoms with Crippen LogP contribution in [0.5, 0.6) is 0 Å². The summed E-state index contributed by atoms with van der Waals surface area (Å²) >= 11 is 0. The summed E-state index contributed by atoms with van der Waals surface area (Å²) in [4.78, 5) is 37.9. The SMILES string of the molecule is CC(NC(=O)C1C2CC(C(C)C2C)C1C(=O)OC12CC3CC(CC(C3)C1)C2)C(=O)O. The van der Waals surface area contributed by atoms with Crippen LogP contribution in [0.3, 0.4) is 0 Å². The van der Waals surface area contributed by atoms with Crippen molar-refractivity contribution in [1.29, 1.82) is 0 Å². The molecule has 7 atom stereocenters. The number of ether oxygens (including phenoxy) is 1. The molecule has 30 heavy (non-hydrogen) atoms. The summed E-state index contributed by atoms with van der Waals surface area (Å²) < 4.78 is 6.37. The molecule has 6 aliphatic rings. The van der Waals surface area contributed by atoms with Crippen molar-refractivity contribution in [2.45, 2.75) is 77.4 Å². The van der Waals surface area contributed by atoms with Gasteiger partial charge in [0.1, 0.15) is 11.6 Å². The van der Waals surface area contributed by atoms with E-state index in [0.717, 1.165) is 25.7 Å². The fourth-order valence-electron chi connectivity index (χ4n) is 8.49. The number of carboxylic acid groups (broad SMARTS) is 1. The number of hydrogen-bond acceptors (Lipinski definition) is 4. The van der Waals surface area contributed by atoms with Crippen LogP contribution in [0, 0.1) is 53.3 Å². The molecule has 6 rings (SSSR count). The first-order valence-corrected chi connectivity index (χ1v) is 11.9. The molecule has 6 bridgehead atoms. The molecule has 6 aliphatic carbocycles. The lowest BCUT2D eigenvalue weighted by Gasteiger charge is -2.56. The summed E-state index contributed by atoms with van der Waals surface area (Å²) in [6.45, 7) is 5.83. The number of nitrogens with one attached hydrogen (secondary N) is 1. The van der Waals surface area contributed by atoms with Gasteiger partial charge < -0.3 is 15.2 Å². The lowest BCUT2D eigenvalue weighted by Crippen LogP contribution is -2.55. The highest BCUT2D eigenvalue weighted by atomic mass is 16.6. The predicted octanol–water partition coefficient (Wildman–Crippen LogP) is 3.24. The Bertz CT molecular complexity index is 727. The van der Waals surface area contributed by atoms with E-state index in [4.69, 9.17) is 4.74 Å². The number of rotatable bonds is 5. The second-order valence-electron chi connectivity index (χ2n) is 11.4. The Morgan fingerprint density at radius 1 is 0.900 bits per heavy atom. The highest BCUT2D eigenvalue weighted by molar-refractivity contribution is 5.89. The van der Waals surface area contributed by atoms with E-state index in [1.165, 1.54) is 26.2 Å². The number of esters is 1. The Labute approximate surface area is 178 Å². The number of amides is 1. The average Bonchev–Trinajstić information content (AvgIpc) is 3.17. The normalized spacial score (nSPS) is 49.1. The van der Waals surface area contributed by atoms with Crippen molar-refractivity contribution in [3.05, 3.63) is 0 Å². The van der Waals surface area contributed by atoms with Crippen molar-refractivity contribution in [2.75, 3.05) is 0 Å². The van der Waals surface area contributed by atoms with Crippen molar-refractivity contribution in [3.8, 4) is 0 Å². The maximum Gasteiger partial charge on any atom is 0.325 e. The smallest absolute Gasteiger partial charge is 0.325 e.